The zero-order valence-electron chi connectivity index (χ0n) is 12.1. The number of nitrogens with one attached hydrogen (secondary N) is 2. The van der Waals surface area contributed by atoms with Crippen LogP contribution in [0.25, 0.3) is 0 Å². The molecule has 0 aromatic heterocycles. The van der Waals surface area contributed by atoms with Gasteiger partial charge in [0, 0.05) is 5.69 Å². The first-order valence-electron chi connectivity index (χ1n) is 6.85. The maximum absolute atomic E-state index is 11.9. The number of carboxylic acid groups (broad SMARTS) is 1. The molecule has 0 bridgehead atoms. The lowest BCUT2D eigenvalue weighted by atomic mass is 10.0. The van der Waals surface area contributed by atoms with E-state index in [1.807, 2.05) is 45.0 Å². The quantitative estimate of drug-likeness (QED) is 0.747. The van der Waals surface area contributed by atoms with Crippen molar-refractivity contribution in [3.8, 4) is 0 Å². The van der Waals surface area contributed by atoms with Gasteiger partial charge in [-0.05, 0) is 24.0 Å². The molecule has 0 fully saturated rings. The summed E-state index contributed by atoms with van der Waals surface area (Å²) in [6.45, 7) is 5.95. The van der Waals surface area contributed by atoms with Crippen molar-refractivity contribution in [3.05, 3.63) is 29.8 Å². The van der Waals surface area contributed by atoms with Crippen LogP contribution >= 0.6 is 0 Å². The zero-order valence-corrected chi connectivity index (χ0v) is 12.1. The number of carbonyl (C=O) groups excluding carboxylic acids is 1. The van der Waals surface area contributed by atoms with E-state index in [0.29, 0.717) is 18.5 Å². The molecule has 0 saturated carbocycles. The Balaban J connectivity index is 2.73. The van der Waals surface area contributed by atoms with E-state index in [1.165, 1.54) is 0 Å². The van der Waals surface area contributed by atoms with Gasteiger partial charge in [0.15, 0.2) is 0 Å². The molecule has 0 aliphatic carbocycles. The second-order valence-electron chi connectivity index (χ2n) is 5.02. The summed E-state index contributed by atoms with van der Waals surface area (Å²) in [7, 11) is 0. The first-order valence-corrected chi connectivity index (χ1v) is 6.85. The van der Waals surface area contributed by atoms with E-state index < -0.39 is 18.0 Å². The molecule has 2 amide bonds. The Labute approximate surface area is 119 Å². The van der Waals surface area contributed by atoms with Gasteiger partial charge in [0.2, 0.25) is 0 Å². The zero-order chi connectivity index (χ0) is 15.1. The van der Waals surface area contributed by atoms with E-state index in [0.717, 1.165) is 5.56 Å². The van der Waals surface area contributed by atoms with Crippen molar-refractivity contribution in [2.45, 2.75) is 45.6 Å². The molecule has 5 heteroatoms. The minimum Gasteiger partial charge on any atom is -0.480 e. The lowest BCUT2D eigenvalue weighted by molar-refractivity contribution is -0.139. The molecule has 0 spiro atoms. The molecule has 110 valence electrons. The molecule has 20 heavy (non-hydrogen) atoms. The van der Waals surface area contributed by atoms with E-state index >= 15 is 0 Å². The summed E-state index contributed by atoms with van der Waals surface area (Å²) in [5.41, 5.74) is 1.73. The normalized spacial score (nSPS) is 12.0. The predicted molar refractivity (Wildman–Crippen MR) is 79.0 cm³/mol. The minimum atomic E-state index is -1.01. The van der Waals surface area contributed by atoms with Crippen molar-refractivity contribution in [1.29, 1.82) is 0 Å². The number of carboxylic acids is 1. The van der Waals surface area contributed by atoms with Gasteiger partial charge < -0.3 is 15.7 Å². The van der Waals surface area contributed by atoms with Crippen LogP contribution in [-0.4, -0.2) is 23.1 Å². The molecule has 3 N–H and O–H groups in total. The first-order chi connectivity index (χ1) is 9.45. The number of anilines is 1. The van der Waals surface area contributed by atoms with Gasteiger partial charge in [0.25, 0.3) is 0 Å². The van der Waals surface area contributed by atoms with E-state index in [1.54, 1.807) is 0 Å². The number of hydrogen-bond acceptors (Lipinski definition) is 2. The molecule has 0 aliphatic heterocycles. The van der Waals surface area contributed by atoms with Gasteiger partial charge in [0.1, 0.15) is 6.04 Å². The lowest BCUT2D eigenvalue weighted by Gasteiger charge is -2.17. The summed E-state index contributed by atoms with van der Waals surface area (Å²) >= 11 is 0. The highest BCUT2D eigenvalue weighted by molar-refractivity contribution is 5.92. The maximum Gasteiger partial charge on any atom is 0.326 e. The molecule has 0 heterocycles. The highest BCUT2D eigenvalue weighted by atomic mass is 16.4. The Hall–Kier alpha value is -2.04. The average molecular weight is 278 g/mol. The number of para-hydroxylation sites is 1. The largest absolute Gasteiger partial charge is 0.480 e. The average Bonchev–Trinajstić information content (AvgIpc) is 2.38. The van der Waals surface area contributed by atoms with Gasteiger partial charge in [-0.1, -0.05) is 45.4 Å². The van der Waals surface area contributed by atoms with Crippen LogP contribution < -0.4 is 10.6 Å². The molecule has 0 aliphatic rings. The van der Waals surface area contributed by atoms with Crippen LogP contribution in [0, 0.1) is 0 Å². The summed E-state index contributed by atoms with van der Waals surface area (Å²) in [5.74, 6) is -0.739. The fourth-order valence-corrected chi connectivity index (χ4v) is 1.98. The van der Waals surface area contributed by atoms with Crippen LogP contribution in [0.3, 0.4) is 0 Å². The van der Waals surface area contributed by atoms with Crippen molar-refractivity contribution < 1.29 is 14.7 Å². The molecule has 0 saturated heterocycles. The summed E-state index contributed by atoms with van der Waals surface area (Å²) in [5, 5.41) is 14.2. The molecule has 1 aromatic carbocycles. The monoisotopic (exact) mass is 278 g/mol. The summed E-state index contributed by atoms with van der Waals surface area (Å²) in [6, 6.07) is 6.16. The molecule has 1 rings (SSSR count). The third kappa shape index (κ3) is 4.57. The van der Waals surface area contributed by atoms with E-state index in [2.05, 4.69) is 10.6 Å². The molecular formula is C15H22N2O3. The van der Waals surface area contributed by atoms with Gasteiger partial charge >= 0.3 is 12.0 Å². The highest BCUT2D eigenvalue weighted by Crippen LogP contribution is 2.23. The van der Waals surface area contributed by atoms with E-state index in [9.17, 15) is 9.59 Å². The van der Waals surface area contributed by atoms with Crippen molar-refractivity contribution in [1.82, 2.24) is 5.32 Å². The van der Waals surface area contributed by atoms with Gasteiger partial charge in [-0.2, -0.15) is 0 Å². The minimum absolute atomic E-state index is 0.275. The van der Waals surface area contributed by atoms with Crippen molar-refractivity contribution in [2.75, 3.05) is 5.32 Å². The summed E-state index contributed by atoms with van der Waals surface area (Å²) in [6.07, 6.45) is 1.11. The summed E-state index contributed by atoms with van der Waals surface area (Å²) in [4.78, 5) is 22.9. The number of amides is 2. The Morgan fingerprint density at radius 2 is 1.90 bits per heavy atom. The number of rotatable bonds is 6. The second kappa shape index (κ2) is 7.53. The van der Waals surface area contributed by atoms with Gasteiger partial charge in [-0.3, -0.25) is 0 Å². The molecule has 0 unspecified atom stereocenters. The Bertz CT molecular complexity index is 472. The number of urea groups is 1. The third-order valence-corrected chi connectivity index (χ3v) is 3.01. The molecular weight excluding hydrogens is 256 g/mol. The van der Waals surface area contributed by atoms with E-state index in [-0.39, 0.29) is 5.92 Å². The van der Waals surface area contributed by atoms with Crippen molar-refractivity contribution >= 4 is 17.7 Å². The second-order valence-corrected chi connectivity index (χ2v) is 5.02. The van der Waals surface area contributed by atoms with Crippen molar-refractivity contribution in [2.24, 2.45) is 0 Å². The highest BCUT2D eigenvalue weighted by Gasteiger charge is 2.19. The van der Waals surface area contributed by atoms with Crippen LogP contribution in [0.4, 0.5) is 10.5 Å². The topological polar surface area (TPSA) is 78.4 Å². The van der Waals surface area contributed by atoms with Gasteiger partial charge in [-0.15, -0.1) is 0 Å². The fourth-order valence-electron chi connectivity index (χ4n) is 1.98. The Morgan fingerprint density at radius 1 is 1.25 bits per heavy atom. The van der Waals surface area contributed by atoms with Crippen LogP contribution in [-0.2, 0) is 4.79 Å². The standard InChI is InChI=1S/C15H22N2O3/c1-4-7-13(14(18)19)17-15(20)16-12-9-6-5-8-11(12)10(2)3/h5-6,8-10,13H,4,7H2,1-3H3,(H,18,19)(H2,16,17,20)/t13-/m1/s1. The van der Waals surface area contributed by atoms with Crippen LogP contribution in [0.1, 0.15) is 45.1 Å². The van der Waals surface area contributed by atoms with Crippen LogP contribution in [0.2, 0.25) is 0 Å². The smallest absolute Gasteiger partial charge is 0.326 e. The van der Waals surface area contributed by atoms with Gasteiger partial charge in [0.05, 0.1) is 0 Å². The fraction of sp³-hybridized carbons (Fsp3) is 0.467. The molecule has 1 atom stereocenters. The number of carbonyl (C=O) groups is 2. The van der Waals surface area contributed by atoms with Crippen LogP contribution in [0.15, 0.2) is 24.3 Å². The number of aliphatic carboxylic acids is 1. The third-order valence-electron chi connectivity index (χ3n) is 3.01. The SMILES string of the molecule is CCC[C@@H](NC(=O)Nc1ccccc1C(C)C)C(=O)O. The van der Waals surface area contributed by atoms with Gasteiger partial charge in [-0.25, -0.2) is 9.59 Å². The molecule has 0 radical (unpaired) electrons. The lowest BCUT2D eigenvalue weighted by Crippen LogP contribution is -2.43. The Morgan fingerprint density at radius 3 is 2.45 bits per heavy atom. The number of benzene rings is 1. The first kappa shape index (κ1) is 16.0. The van der Waals surface area contributed by atoms with Crippen LogP contribution in [0.5, 0.6) is 0 Å². The number of hydrogen-bond donors (Lipinski definition) is 3. The summed E-state index contributed by atoms with van der Waals surface area (Å²) < 4.78 is 0. The van der Waals surface area contributed by atoms with Crippen molar-refractivity contribution in [3.63, 3.8) is 0 Å². The Kier molecular flexibility index (Phi) is 6.03. The molecule has 1 aromatic rings. The van der Waals surface area contributed by atoms with E-state index in [4.69, 9.17) is 5.11 Å². The predicted octanol–water partition coefficient (Wildman–Crippen LogP) is 3.18. The molecule has 5 nitrogen and oxygen atoms in total. The maximum atomic E-state index is 11.9.